The topological polar surface area (TPSA) is 88.5 Å². The van der Waals surface area contributed by atoms with Gasteiger partial charge in [-0.25, -0.2) is 4.90 Å². The summed E-state index contributed by atoms with van der Waals surface area (Å²) >= 11 is 11.8. The maximum atomic E-state index is 13.9. The van der Waals surface area contributed by atoms with Crippen molar-refractivity contribution in [2.24, 2.45) is 5.92 Å². The molecule has 3 aromatic carbocycles. The fraction of sp³-hybridized carbons (Fsp3) is 0.172. The number of thioether (sulfide) groups is 1. The molecule has 11 heteroatoms. The Labute approximate surface area is 251 Å². The fourth-order valence-electron chi connectivity index (χ4n) is 5.20. The van der Waals surface area contributed by atoms with Crippen LogP contribution in [0.4, 0.5) is 11.4 Å². The van der Waals surface area contributed by atoms with E-state index in [2.05, 4.69) is 21.2 Å². The van der Waals surface area contributed by atoms with Crippen LogP contribution >= 0.6 is 50.6 Å². The molecule has 3 atom stereocenters. The quantitative estimate of drug-likeness (QED) is 0.264. The highest BCUT2D eigenvalue weighted by Gasteiger charge is 2.56. The third-order valence-electron chi connectivity index (χ3n) is 6.97. The molecule has 0 radical (unpaired) electrons. The minimum absolute atomic E-state index is 0.213. The lowest BCUT2D eigenvalue weighted by atomic mass is 9.83. The number of hydrogen-bond acceptors (Lipinski definition) is 6. The number of nitrogens with one attached hydrogen (secondary N) is 1. The van der Waals surface area contributed by atoms with Crippen molar-refractivity contribution in [3.8, 4) is 0 Å². The van der Waals surface area contributed by atoms with E-state index in [1.54, 1.807) is 42.5 Å². The van der Waals surface area contributed by atoms with Gasteiger partial charge in [0, 0.05) is 26.0 Å². The Bertz CT molecular complexity index is 1720. The maximum absolute atomic E-state index is 13.9. The molecule has 0 bridgehead atoms. The van der Waals surface area contributed by atoms with E-state index in [1.165, 1.54) is 21.2 Å². The number of hydrogen-bond donors (Lipinski definition) is 1. The average molecular weight is 655 g/mol. The lowest BCUT2D eigenvalue weighted by Gasteiger charge is -2.30. The number of fused-ring (bicyclic) bond motifs is 2. The highest BCUT2D eigenvalue weighted by atomic mass is 79.9. The zero-order chi connectivity index (χ0) is 28.1. The van der Waals surface area contributed by atoms with Crippen molar-refractivity contribution in [3.63, 3.8) is 0 Å². The van der Waals surface area contributed by atoms with Crippen LogP contribution in [-0.2, 0) is 20.9 Å². The van der Waals surface area contributed by atoms with E-state index >= 15 is 0 Å². The van der Waals surface area contributed by atoms with Crippen LogP contribution in [0.25, 0.3) is 0 Å². The molecule has 0 spiro atoms. The predicted molar refractivity (Wildman–Crippen MR) is 161 cm³/mol. The van der Waals surface area contributed by atoms with Crippen LogP contribution in [0.3, 0.4) is 0 Å². The number of anilines is 2. The van der Waals surface area contributed by atoms with Gasteiger partial charge in [-0.05, 0) is 66.6 Å². The second-order valence-corrected chi connectivity index (χ2v) is 13.1. The molecule has 2 unspecified atom stereocenters. The van der Waals surface area contributed by atoms with Crippen molar-refractivity contribution in [2.45, 2.75) is 29.7 Å². The first kappa shape index (κ1) is 27.0. The SMILES string of the molecule is Cc1cccc(NC(=O)Cn2c3c(sc2=O)[C@H](c2ccc(Cl)cc2)C2C(=O)N(c4ccc(Br)cc4)C(=O)C2S3)c1. The molecular formula is C29H21BrClN3O4S2. The Morgan fingerprint density at radius 2 is 1.73 bits per heavy atom. The summed E-state index contributed by atoms with van der Waals surface area (Å²) in [7, 11) is 0. The van der Waals surface area contributed by atoms with Crippen LogP contribution in [0.5, 0.6) is 0 Å². The number of benzene rings is 3. The number of amides is 3. The van der Waals surface area contributed by atoms with Gasteiger partial charge in [-0.1, -0.05) is 74.9 Å². The van der Waals surface area contributed by atoms with Gasteiger partial charge in [-0.3, -0.25) is 23.7 Å². The number of aromatic nitrogens is 1. The van der Waals surface area contributed by atoms with Gasteiger partial charge < -0.3 is 5.32 Å². The van der Waals surface area contributed by atoms with E-state index in [9.17, 15) is 19.2 Å². The Hall–Kier alpha value is -3.18. The van der Waals surface area contributed by atoms with Crippen LogP contribution in [0.2, 0.25) is 5.02 Å². The molecule has 2 aliphatic rings. The summed E-state index contributed by atoms with van der Waals surface area (Å²) in [5.41, 5.74) is 2.89. The van der Waals surface area contributed by atoms with Crippen molar-refractivity contribution in [3.05, 3.63) is 108 Å². The molecule has 6 rings (SSSR count). The first-order chi connectivity index (χ1) is 19.2. The number of halogens is 2. The van der Waals surface area contributed by atoms with E-state index < -0.39 is 17.1 Å². The minimum Gasteiger partial charge on any atom is -0.325 e. The zero-order valence-corrected chi connectivity index (χ0v) is 24.9. The molecule has 1 saturated heterocycles. The first-order valence-corrected chi connectivity index (χ1v) is 15.2. The number of rotatable bonds is 5. The predicted octanol–water partition coefficient (Wildman–Crippen LogP) is 6.07. The summed E-state index contributed by atoms with van der Waals surface area (Å²) in [4.78, 5) is 55.5. The van der Waals surface area contributed by atoms with Crippen LogP contribution in [0.15, 0.2) is 87.1 Å². The van der Waals surface area contributed by atoms with Crippen LogP contribution < -0.4 is 15.1 Å². The summed E-state index contributed by atoms with van der Waals surface area (Å²) in [5.74, 6) is -2.29. The Balaban J connectivity index is 1.41. The van der Waals surface area contributed by atoms with E-state index in [4.69, 9.17) is 11.6 Å². The summed E-state index contributed by atoms with van der Waals surface area (Å²) in [6.07, 6.45) is 0. The highest BCUT2D eigenvalue weighted by Crippen LogP contribution is 2.54. The molecule has 202 valence electrons. The van der Waals surface area contributed by atoms with E-state index in [0.29, 0.717) is 26.3 Å². The summed E-state index contributed by atoms with van der Waals surface area (Å²) in [6.45, 7) is 1.71. The molecule has 40 heavy (non-hydrogen) atoms. The van der Waals surface area contributed by atoms with Crippen LogP contribution in [0.1, 0.15) is 21.9 Å². The van der Waals surface area contributed by atoms with Gasteiger partial charge in [0.2, 0.25) is 17.7 Å². The van der Waals surface area contributed by atoms with Gasteiger partial charge in [0.05, 0.1) is 16.6 Å². The molecule has 0 saturated carbocycles. The average Bonchev–Trinajstić information content (AvgIpc) is 3.36. The standard InChI is InChI=1S/C29H21BrClN3O4S2/c1-15-3-2-4-19(13-15)32-21(35)14-33-28-25(40-29(33)38)22(16-5-9-18(31)10-6-16)23-24(39-28)27(37)34(26(23)36)20-11-7-17(30)8-12-20/h2-13,22-24H,14H2,1H3,(H,32,35)/t22-,23?,24?/m1/s1. The summed E-state index contributed by atoms with van der Waals surface area (Å²) < 4.78 is 2.24. The minimum atomic E-state index is -0.760. The second-order valence-electron chi connectivity index (χ2n) is 9.62. The van der Waals surface area contributed by atoms with Gasteiger partial charge in [0.1, 0.15) is 11.8 Å². The van der Waals surface area contributed by atoms with Crippen LogP contribution in [0, 0.1) is 12.8 Å². The van der Waals surface area contributed by atoms with Gasteiger partial charge in [-0.2, -0.15) is 0 Å². The second kappa shape index (κ2) is 10.7. The Morgan fingerprint density at radius 1 is 1.00 bits per heavy atom. The zero-order valence-electron chi connectivity index (χ0n) is 21.0. The smallest absolute Gasteiger partial charge is 0.308 e. The van der Waals surface area contributed by atoms with Gasteiger partial charge >= 0.3 is 4.87 Å². The van der Waals surface area contributed by atoms with Gasteiger partial charge in [0.15, 0.2) is 0 Å². The van der Waals surface area contributed by atoms with Gasteiger partial charge in [0.25, 0.3) is 0 Å². The molecule has 3 heterocycles. The highest BCUT2D eigenvalue weighted by molar-refractivity contribution is 9.10. The fourth-order valence-corrected chi connectivity index (χ4v) is 8.36. The number of aryl methyl sites for hydroxylation is 1. The molecule has 7 nitrogen and oxygen atoms in total. The third kappa shape index (κ3) is 4.83. The number of imide groups is 1. The van der Waals surface area contributed by atoms with E-state index in [1.807, 2.05) is 37.3 Å². The lowest BCUT2D eigenvalue weighted by Crippen LogP contribution is -2.33. The number of thiazole rings is 1. The molecule has 1 N–H and O–H groups in total. The molecule has 3 amide bonds. The Morgan fingerprint density at radius 3 is 2.42 bits per heavy atom. The lowest BCUT2D eigenvalue weighted by molar-refractivity contribution is -0.122. The third-order valence-corrected chi connectivity index (χ3v) is 10.4. The van der Waals surface area contributed by atoms with Crippen LogP contribution in [-0.4, -0.2) is 27.5 Å². The summed E-state index contributed by atoms with van der Waals surface area (Å²) in [5, 5.41) is 3.16. The number of carbonyl (C=O) groups excluding carboxylic acids is 3. The molecule has 1 fully saturated rings. The maximum Gasteiger partial charge on any atom is 0.308 e. The van der Waals surface area contributed by atoms with Crippen molar-refractivity contribution in [1.29, 1.82) is 0 Å². The molecular weight excluding hydrogens is 634 g/mol. The van der Waals surface area contributed by atoms with E-state index in [-0.39, 0.29) is 29.1 Å². The van der Waals surface area contributed by atoms with Crippen molar-refractivity contribution in [1.82, 2.24) is 4.57 Å². The van der Waals surface area contributed by atoms with Crippen molar-refractivity contribution >= 4 is 79.7 Å². The largest absolute Gasteiger partial charge is 0.325 e. The normalized spacial score (nSPS) is 19.9. The Kier molecular flexibility index (Phi) is 7.20. The molecule has 2 aliphatic heterocycles. The monoisotopic (exact) mass is 653 g/mol. The van der Waals surface area contributed by atoms with Crippen molar-refractivity contribution < 1.29 is 14.4 Å². The molecule has 4 aromatic rings. The number of carbonyl (C=O) groups is 3. The van der Waals surface area contributed by atoms with E-state index in [0.717, 1.165) is 26.9 Å². The summed E-state index contributed by atoms with van der Waals surface area (Å²) in [6, 6.07) is 21.5. The first-order valence-electron chi connectivity index (χ1n) is 12.4. The van der Waals surface area contributed by atoms with Gasteiger partial charge in [-0.15, -0.1) is 0 Å². The molecule has 1 aromatic heterocycles. The van der Waals surface area contributed by atoms with Crippen molar-refractivity contribution in [2.75, 3.05) is 10.2 Å². The molecule has 0 aliphatic carbocycles. The number of nitrogens with zero attached hydrogens (tertiary/aromatic N) is 2.